The summed E-state index contributed by atoms with van der Waals surface area (Å²) in [4.78, 5) is 0. The molecule has 0 bridgehead atoms. The topological polar surface area (TPSA) is 20.2 Å². The molecule has 1 nitrogen and oxygen atoms in total. The second-order valence-corrected chi connectivity index (χ2v) is 1.62. The number of hydrogen-bond acceptors (Lipinski definition) is 1. The fraction of sp³-hybridized carbons (Fsp3) is 0.429. The molecule has 0 aromatic carbocycles. The Labute approximate surface area is 50.3 Å². The van der Waals surface area contributed by atoms with Gasteiger partial charge in [-0.1, -0.05) is 19.9 Å². The van der Waals surface area contributed by atoms with Gasteiger partial charge in [0.2, 0.25) is 0 Å². The van der Waals surface area contributed by atoms with Gasteiger partial charge in [-0.2, -0.15) is 0 Å². The molecule has 0 aromatic heterocycles. The lowest BCUT2D eigenvalue weighted by atomic mass is 10.3. The van der Waals surface area contributed by atoms with Crippen LogP contribution in [-0.4, -0.2) is 5.11 Å². The molecule has 1 heteroatoms. The molecule has 8 heavy (non-hydrogen) atoms. The number of hydrogen-bond donors (Lipinski definition) is 1. The highest BCUT2D eigenvalue weighted by Crippen LogP contribution is 1.94. The third-order valence-electron chi connectivity index (χ3n) is 0.851. The van der Waals surface area contributed by atoms with E-state index < -0.39 is 0 Å². The molecule has 0 amide bonds. The molecule has 0 heterocycles. The SMILES string of the molecule is C=CC(O)=CCCC. The largest absolute Gasteiger partial charge is 0.508 e. The van der Waals surface area contributed by atoms with Crippen molar-refractivity contribution in [2.45, 2.75) is 19.8 Å². The van der Waals surface area contributed by atoms with Crippen LogP contribution in [0.25, 0.3) is 0 Å². The average Bonchev–Trinajstić information content (AvgIpc) is 1.83. The number of rotatable bonds is 3. The molecule has 1 N–H and O–H groups in total. The van der Waals surface area contributed by atoms with Crippen molar-refractivity contribution in [3.8, 4) is 0 Å². The van der Waals surface area contributed by atoms with Gasteiger partial charge in [0, 0.05) is 0 Å². The van der Waals surface area contributed by atoms with E-state index in [1.807, 2.05) is 0 Å². The van der Waals surface area contributed by atoms with E-state index >= 15 is 0 Å². The summed E-state index contributed by atoms with van der Waals surface area (Å²) in [5.41, 5.74) is 0. The molecule has 0 aliphatic heterocycles. The van der Waals surface area contributed by atoms with Gasteiger partial charge in [-0.05, 0) is 18.6 Å². The van der Waals surface area contributed by atoms with Crippen molar-refractivity contribution in [1.29, 1.82) is 0 Å². The lowest BCUT2D eigenvalue weighted by molar-refractivity contribution is 0.429. The summed E-state index contributed by atoms with van der Waals surface area (Å²) in [6, 6.07) is 0. The Morgan fingerprint density at radius 1 is 1.75 bits per heavy atom. The summed E-state index contributed by atoms with van der Waals surface area (Å²) in [6.45, 7) is 5.46. The maximum Gasteiger partial charge on any atom is 0.111 e. The van der Waals surface area contributed by atoms with Crippen molar-refractivity contribution >= 4 is 0 Å². The summed E-state index contributed by atoms with van der Waals surface area (Å²) in [7, 11) is 0. The van der Waals surface area contributed by atoms with Crippen LogP contribution in [0.15, 0.2) is 24.5 Å². The van der Waals surface area contributed by atoms with Crippen LogP contribution in [0.3, 0.4) is 0 Å². The Bertz CT molecular complexity index is 92.6. The molecule has 0 saturated carbocycles. The van der Waals surface area contributed by atoms with Crippen molar-refractivity contribution in [3.63, 3.8) is 0 Å². The normalized spacial score (nSPS) is 11.4. The van der Waals surface area contributed by atoms with Gasteiger partial charge in [0.25, 0.3) is 0 Å². The van der Waals surface area contributed by atoms with E-state index in [0.717, 1.165) is 12.8 Å². The zero-order valence-corrected chi connectivity index (χ0v) is 5.22. The predicted molar refractivity (Wildman–Crippen MR) is 35.8 cm³/mol. The number of allylic oxidation sites excluding steroid dienone is 2. The van der Waals surface area contributed by atoms with E-state index in [0.29, 0.717) is 0 Å². The maximum absolute atomic E-state index is 8.73. The fourth-order valence-electron chi connectivity index (χ4n) is 0.376. The minimum Gasteiger partial charge on any atom is -0.508 e. The summed E-state index contributed by atoms with van der Waals surface area (Å²) >= 11 is 0. The van der Waals surface area contributed by atoms with Crippen LogP contribution in [0, 0.1) is 0 Å². The summed E-state index contributed by atoms with van der Waals surface area (Å²) in [6.07, 6.45) is 5.19. The second-order valence-electron chi connectivity index (χ2n) is 1.62. The Hall–Kier alpha value is -0.720. The van der Waals surface area contributed by atoms with Crippen molar-refractivity contribution in [2.75, 3.05) is 0 Å². The van der Waals surface area contributed by atoms with Crippen LogP contribution < -0.4 is 0 Å². The van der Waals surface area contributed by atoms with Gasteiger partial charge in [-0.15, -0.1) is 0 Å². The van der Waals surface area contributed by atoms with E-state index in [1.165, 1.54) is 6.08 Å². The standard InChI is InChI=1S/C7H12O/c1-3-5-6-7(8)4-2/h4,6,8H,2-3,5H2,1H3. The molecule has 0 rings (SSSR count). The fourth-order valence-corrected chi connectivity index (χ4v) is 0.376. The molecule has 0 atom stereocenters. The van der Waals surface area contributed by atoms with Gasteiger partial charge in [0.05, 0.1) is 0 Å². The lowest BCUT2D eigenvalue weighted by Gasteiger charge is -1.86. The lowest BCUT2D eigenvalue weighted by Crippen LogP contribution is -1.71. The monoisotopic (exact) mass is 112 g/mol. The van der Waals surface area contributed by atoms with Crippen molar-refractivity contribution in [3.05, 3.63) is 24.5 Å². The first kappa shape index (κ1) is 7.28. The molecule has 0 spiro atoms. The van der Waals surface area contributed by atoms with Crippen LogP contribution >= 0.6 is 0 Å². The molecule has 0 aliphatic carbocycles. The Morgan fingerprint density at radius 2 is 2.38 bits per heavy atom. The van der Waals surface area contributed by atoms with E-state index in [2.05, 4.69) is 13.5 Å². The Kier molecular flexibility index (Phi) is 4.04. The summed E-state index contributed by atoms with van der Waals surface area (Å²) in [5, 5.41) is 8.73. The molecule has 0 aliphatic rings. The number of aliphatic hydroxyl groups is 1. The van der Waals surface area contributed by atoms with Crippen molar-refractivity contribution in [2.24, 2.45) is 0 Å². The van der Waals surface area contributed by atoms with Gasteiger partial charge in [-0.3, -0.25) is 0 Å². The zero-order chi connectivity index (χ0) is 6.41. The summed E-state index contributed by atoms with van der Waals surface area (Å²) in [5.74, 6) is 0.284. The number of aliphatic hydroxyl groups excluding tert-OH is 1. The van der Waals surface area contributed by atoms with Gasteiger partial charge in [-0.25, -0.2) is 0 Å². The predicted octanol–water partition coefficient (Wildman–Crippen LogP) is 2.41. The summed E-state index contributed by atoms with van der Waals surface area (Å²) < 4.78 is 0. The highest BCUT2D eigenvalue weighted by Gasteiger charge is 1.78. The van der Waals surface area contributed by atoms with Gasteiger partial charge in [0.1, 0.15) is 5.76 Å². The molecule has 0 radical (unpaired) electrons. The van der Waals surface area contributed by atoms with E-state index in [9.17, 15) is 0 Å². The first-order valence-electron chi connectivity index (χ1n) is 2.82. The van der Waals surface area contributed by atoms with Crippen molar-refractivity contribution < 1.29 is 5.11 Å². The van der Waals surface area contributed by atoms with Crippen LogP contribution in [0.4, 0.5) is 0 Å². The molecule has 0 fully saturated rings. The second kappa shape index (κ2) is 4.44. The molecule has 0 aromatic rings. The molecule has 0 unspecified atom stereocenters. The smallest absolute Gasteiger partial charge is 0.111 e. The highest BCUT2D eigenvalue weighted by atomic mass is 16.3. The molecular weight excluding hydrogens is 100 g/mol. The first-order chi connectivity index (χ1) is 3.81. The van der Waals surface area contributed by atoms with Crippen molar-refractivity contribution in [1.82, 2.24) is 0 Å². The molecule has 0 saturated heterocycles. The highest BCUT2D eigenvalue weighted by molar-refractivity contribution is 5.05. The maximum atomic E-state index is 8.73. The average molecular weight is 112 g/mol. The van der Waals surface area contributed by atoms with E-state index in [1.54, 1.807) is 6.08 Å². The number of unbranched alkanes of at least 4 members (excludes halogenated alkanes) is 1. The van der Waals surface area contributed by atoms with Crippen LogP contribution in [-0.2, 0) is 0 Å². The quantitative estimate of drug-likeness (QED) is 0.439. The Morgan fingerprint density at radius 3 is 2.75 bits per heavy atom. The molecule has 46 valence electrons. The first-order valence-corrected chi connectivity index (χ1v) is 2.82. The zero-order valence-electron chi connectivity index (χ0n) is 5.22. The van der Waals surface area contributed by atoms with E-state index in [4.69, 9.17) is 5.11 Å². The van der Waals surface area contributed by atoms with Crippen LogP contribution in [0.2, 0.25) is 0 Å². The van der Waals surface area contributed by atoms with E-state index in [-0.39, 0.29) is 5.76 Å². The molecular formula is C7H12O. The minimum absolute atomic E-state index is 0.284. The Balaban J connectivity index is 3.40. The van der Waals surface area contributed by atoms with Crippen LogP contribution in [0.5, 0.6) is 0 Å². The minimum atomic E-state index is 0.284. The van der Waals surface area contributed by atoms with Crippen LogP contribution in [0.1, 0.15) is 19.8 Å². The third-order valence-corrected chi connectivity index (χ3v) is 0.851. The third kappa shape index (κ3) is 3.47. The van der Waals surface area contributed by atoms with Gasteiger partial charge < -0.3 is 5.11 Å². The van der Waals surface area contributed by atoms with Gasteiger partial charge >= 0.3 is 0 Å². The van der Waals surface area contributed by atoms with Gasteiger partial charge in [0.15, 0.2) is 0 Å².